The zero-order chi connectivity index (χ0) is 51.4. The highest BCUT2D eigenvalue weighted by Gasteiger charge is 2.17. The molecular formula is C70H90S4. The predicted octanol–water partition coefficient (Wildman–Crippen LogP) is 24.6. The van der Waals surface area contributed by atoms with Gasteiger partial charge in [-0.1, -0.05) is 253 Å². The van der Waals surface area contributed by atoms with Crippen LogP contribution in [0.25, 0.3) is 64.7 Å². The molecule has 0 saturated carbocycles. The summed E-state index contributed by atoms with van der Waals surface area (Å²) in [5.41, 5.74) is 10.6. The second-order valence-electron chi connectivity index (χ2n) is 21.1. The van der Waals surface area contributed by atoms with Crippen LogP contribution in [0.1, 0.15) is 225 Å². The van der Waals surface area contributed by atoms with Gasteiger partial charge in [0.2, 0.25) is 0 Å². The lowest BCUT2D eigenvalue weighted by atomic mass is 10.0. The fourth-order valence-corrected chi connectivity index (χ4v) is 15.0. The Labute approximate surface area is 466 Å². The summed E-state index contributed by atoms with van der Waals surface area (Å²) in [5.74, 6) is 0. The maximum atomic E-state index is 2.50. The molecule has 0 aliphatic heterocycles. The van der Waals surface area contributed by atoms with Gasteiger partial charge in [-0.15, -0.1) is 45.3 Å². The molecule has 7 aromatic rings. The number of aryl methyl sites for hydroxylation is 4. The SMILES string of the molecule is CCCCCCCCCCc1ccc(-c2sc(-c3ccc(/C=C/c4ccc(/C=C/c5ccc(-c6cc(CCCCCC)c(-c7ccc(CCCCCCCCCC)s7)s6)cc5)cc4)cc3)cc2CCCCCC)s1. The molecule has 0 nitrogen and oxygen atoms in total. The van der Waals surface area contributed by atoms with Crippen molar-refractivity contribution in [1.29, 1.82) is 0 Å². The molecule has 0 saturated heterocycles. The normalized spacial score (nSPS) is 11.8. The molecular weight excluding hydrogens is 969 g/mol. The van der Waals surface area contributed by atoms with Crippen molar-refractivity contribution in [2.45, 2.75) is 207 Å². The Morgan fingerprint density at radius 1 is 0.270 bits per heavy atom. The Bertz CT molecular complexity index is 2470. The fourth-order valence-electron chi connectivity index (χ4n) is 10.2. The number of hydrogen-bond acceptors (Lipinski definition) is 4. The van der Waals surface area contributed by atoms with Crippen molar-refractivity contribution < 1.29 is 0 Å². The van der Waals surface area contributed by atoms with Crippen molar-refractivity contribution in [2.75, 3.05) is 0 Å². The van der Waals surface area contributed by atoms with Crippen molar-refractivity contribution in [3.63, 3.8) is 0 Å². The molecule has 0 spiro atoms. The van der Waals surface area contributed by atoms with Crippen LogP contribution >= 0.6 is 45.3 Å². The highest BCUT2D eigenvalue weighted by Crippen LogP contribution is 2.44. The minimum absolute atomic E-state index is 1.17. The van der Waals surface area contributed by atoms with Gasteiger partial charge in [-0.3, -0.25) is 0 Å². The van der Waals surface area contributed by atoms with E-state index in [1.807, 2.05) is 45.3 Å². The van der Waals surface area contributed by atoms with Crippen LogP contribution < -0.4 is 0 Å². The first-order valence-corrected chi connectivity index (χ1v) is 32.9. The van der Waals surface area contributed by atoms with E-state index in [2.05, 4.69) is 161 Å². The highest BCUT2D eigenvalue weighted by molar-refractivity contribution is 7.24. The van der Waals surface area contributed by atoms with Gasteiger partial charge in [0.15, 0.2) is 0 Å². The second-order valence-corrected chi connectivity index (χ2v) is 25.6. The molecule has 0 N–H and O–H groups in total. The smallest absolute Gasteiger partial charge is 0.0481 e. The van der Waals surface area contributed by atoms with Crippen LogP contribution in [0, 0.1) is 0 Å². The average Bonchev–Trinajstić information content (AvgIpc) is 4.27. The van der Waals surface area contributed by atoms with Crippen LogP contribution in [0.5, 0.6) is 0 Å². The number of hydrogen-bond donors (Lipinski definition) is 0. The van der Waals surface area contributed by atoms with Gasteiger partial charge in [0.1, 0.15) is 0 Å². The first-order chi connectivity index (χ1) is 36.5. The summed E-state index contributed by atoms with van der Waals surface area (Å²) in [6.07, 6.45) is 46.3. The van der Waals surface area contributed by atoms with Crippen molar-refractivity contribution in [1.82, 2.24) is 0 Å². The lowest BCUT2D eigenvalue weighted by Crippen LogP contribution is -1.85. The van der Waals surface area contributed by atoms with E-state index in [4.69, 9.17) is 0 Å². The topological polar surface area (TPSA) is 0 Å². The molecule has 0 amide bonds. The molecule has 4 aromatic heterocycles. The van der Waals surface area contributed by atoms with E-state index in [9.17, 15) is 0 Å². The molecule has 7 rings (SSSR count). The van der Waals surface area contributed by atoms with Gasteiger partial charge in [0, 0.05) is 39.0 Å². The number of rotatable bonds is 36. The van der Waals surface area contributed by atoms with E-state index in [0.717, 1.165) is 0 Å². The molecule has 0 atom stereocenters. The fraction of sp³-hybridized carbons (Fsp3) is 0.457. The van der Waals surface area contributed by atoms with E-state index in [1.54, 1.807) is 20.9 Å². The van der Waals surface area contributed by atoms with Gasteiger partial charge >= 0.3 is 0 Å². The Balaban J connectivity index is 0.920. The third-order valence-electron chi connectivity index (χ3n) is 14.8. The summed E-state index contributed by atoms with van der Waals surface area (Å²) in [6.45, 7) is 9.22. The Kier molecular flexibility index (Phi) is 25.8. The maximum Gasteiger partial charge on any atom is 0.0481 e. The van der Waals surface area contributed by atoms with Crippen molar-refractivity contribution in [3.8, 4) is 40.4 Å². The molecule has 394 valence electrons. The molecule has 0 unspecified atom stereocenters. The van der Waals surface area contributed by atoms with E-state index < -0.39 is 0 Å². The minimum Gasteiger partial charge on any atom is -0.139 e. The van der Waals surface area contributed by atoms with Gasteiger partial charge < -0.3 is 0 Å². The van der Waals surface area contributed by atoms with E-state index in [0.29, 0.717) is 0 Å². The maximum absolute atomic E-state index is 2.50. The zero-order valence-electron chi connectivity index (χ0n) is 46.1. The summed E-state index contributed by atoms with van der Waals surface area (Å²) < 4.78 is 0. The van der Waals surface area contributed by atoms with Crippen molar-refractivity contribution in [2.24, 2.45) is 0 Å². The molecule has 0 aliphatic carbocycles. The van der Waals surface area contributed by atoms with Crippen LogP contribution in [0.15, 0.2) is 109 Å². The minimum atomic E-state index is 1.17. The van der Waals surface area contributed by atoms with Crippen LogP contribution in [0.2, 0.25) is 0 Å². The molecule has 0 radical (unpaired) electrons. The first-order valence-electron chi connectivity index (χ1n) is 29.6. The van der Waals surface area contributed by atoms with Gasteiger partial charge in [-0.25, -0.2) is 0 Å². The van der Waals surface area contributed by atoms with Gasteiger partial charge in [-0.2, -0.15) is 0 Å². The van der Waals surface area contributed by atoms with Crippen LogP contribution in [0.3, 0.4) is 0 Å². The summed E-state index contributed by atoms with van der Waals surface area (Å²) in [4.78, 5) is 11.8. The Hall–Kier alpha value is -4.06. The molecule has 3 aromatic carbocycles. The van der Waals surface area contributed by atoms with Crippen LogP contribution in [-0.2, 0) is 25.7 Å². The third-order valence-corrected chi connectivity index (χ3v) is 19.9. The van der Waals surface area contributed by atoms with Gasteiger partial charge in [-0.05, 0) is 132 Å². The Morgan fingerprint density at radius 3 is 0.892 bits per heavy atom. The molecule has 0 aliphatic rings. The van der Waals surface area contributed by atoms with Gasteiger partial charge in [0.05, 0.1) is 0 Å². The van der Waals surface area contributed by atoms with Crippen LogP contribution in [0.4, 0.5) is 0 Å². The van der Waals surface area contributed by atoms with E-state index >= 15 is 0 Å². The third kappa shape index (κ3) is 19.2. The summed E-state index contributed by atoms with van der Waals surface area (Å²) in [5, 5.41) is 0. The molecule has 0 bridgehead atoms. The lowest BCUT2D eigenvalue weighted by molar-refractivity contribution is 0.576. The number of unbranched alkanes of at least 4 members (excludes halogenated alkanes) is 20. The number of thiophene rings is 4. The summed E-state index contributed by atoms with van der Waals surface area (Å²) in [7, 11) is 0. The average molecular weight is 1060 g/mol. The van der Waals surface area contributed by atoms with Crippen molar-refractivity contribution in [3.05, 3.63) is 152 Å². The molecule has 0 fully saturated rings. The monoisotopic (exact) mass is 1060 g/mol. The predicted molar refractivity (Wildman–Crippen MR) is 339 cm³/mol. The van der Waals surface area contributed by atoms with Crippen LogP contribution in [-0.4, -0.2) is 0 Å². The largest absolute Gasteiger partial charge is 0.139 e. The van der Waals surface area contributed by atoms with Crippen molar-refractivity contribution >= 4 is 69.7 Å². The summed E-state index contributed by atoms with van der Waals surface area (Å²) >= 11 is 8.08. The quantitative estimate of drug-likeness (QED) is 0.0271. The first kappa shape index (κ1) is 57.6. The number of benzene rings is 3. The Morgan fingerprint density at radius 2 is 0.554 bits per heavy atom. The van der Waals surface area contributed by atoms with E-state index in [-0.39, 0.29) is 0 Å². The lowest BCUT2D eigenvalue weighted by Gasteiger charge is -2.02. The standard InChI is InChI=1S/C70H90S4/c1-5-9-13-17-19-21-23-27-31-63-49-51-65(71-63)69-61(29-25-15-11-7-3)53-67(73-69)59-45-41-57(42-46-59)39-37-55-33-35-56(36-34-55)38-40-58-43-47-60(48-44-58)68-54-62(30-26-16-12-8-4)70(74-68)66-52-50-64(72-66)32-28-24-22-20-18-14-10-6-2/h33-54H,5-32H2,1-4H3/b39-37+,40-38+. The molecule has 4 heterocycles. The molecule has 74 heavy (non-hydrogen) atoms. The highest BCUT2D eigenvalue weighted by atomic mass is 32.1. The van der Waals surface area contributed by atoms with Gasteiger partial charge in [0.25, 0.3) is 0 Å². The zero-order valence-corrected chi connectivity index (χ0v) is 49.4. The molecule has 4 heteroatoms. The summed E-state index contributed by atoms with van der Waals surface area (Å²) in [6, 6.07) is 42.0. The second kappa shape index (κ2) is 33.2. The van der Waals surface area contributed by atoms with E-state index in [1.165, 1.54) is 242 Å².